The van der Waals surface area contributed by atoms with Crippen LogP contribution in [0, 0.1) is 0 Å². The molecule has 1 unspecified atom stereocenters. The molecule has 3 nitrogen and oxygen atoms in total. The van der Waals surface area contributed by atoms with E-state index in [-0.39, 0.29) is 5.54 Å². The van der Waals surface area contributed by atoms with E-state index in [1.54, 1.807) is 7.11 Å². The molecule has 0 heterocycles. The van der Waals surface area contributed by atoms with E-state index in [0.29, 0.717) is 6.54 Å². The van der Waals surface area contributed by atoms with Gasteiger partial charge in [-0.3, -0.25) is 0 Å². The number of methoxy groups -OCH3 is 1. The number of hydrogen-bond donors (Lipinski definition) is 1. The summed E-state index contributed by atoms with van der Waals surface area (Å²) in [5.41, 5.74) is 8.82. The van der Waals surface area contributed by atoms with Crippen LogP contribution in [0.1, 0.15) is 11.1 Å². The molecule has 1 atom stereocenters. The smallest absolute Gasteiger partial charge is 0.119 e. The van der Waals surface area contributed by atoms with Crippen molar-refractivity contribution in [2.75, 3.05) is 27.7 Å². The molecule has 1 aliphatic rings. The van der Waals surface area contributed by atoms with Gasteiger partial charge in [-0.2, -0.15) is 0 Å². The topological polar surface area (TPSA) is 38.5 Å². The van der Waals surface area contributed by atoms with E-state index in [0.717, 1.165) is 18.6 Å². The van der Waals surface area contributed by atoms with Crippen LogP contribution >= 0.6 is 0 Å². The molecule has 0 fully saturated rings. The molecule has 0 spiro atoms. The largest absolute Gasteiger partial charge is 0.497 e. The van der Waals surface area contributed by atoms with Gasteiger partial charge in [0.15, 0.2) is 0 Å². The Morgan fingerprint density at radius 3 is 2.56 bits per heavy atom. The molecule has 3 heteroatoms. The van der Waals surface area contributed by atoms with E-state index in [1.807, 2.05) is 6.07 Å². The zero-order valence-corrected chi connectivity index (χ0v) is 10.3. The molecule has 0 saturated heterocycles. The first-order valence-electron chi connectivity index (χ1n) is 5.64. The monoisotopic (exact) mass is 220 g/mol. The fourth-order valence-electron chi connectivity index (χ4n) is 2.48. The van der Waals surface area contributed by atoms with Gasteiger partial charge in [0.2, 0.25) is 0 Å². The third-order valence-electron chi connectivity index (χ3n) is 3.78. The normalized spacial score (nSPS) is 23.6. The van der Waals surface area contributed by atoms with Gasteiger partial charge < -0.3 is 15.4 Å². The van der Waals surface area contributed by atoms with Gasteiger partial charge in [0.05, 0.1) is 7.11 Å². The SMILES string of the molecule is COc1ccc2c(c1)CC(CN)(N(C)C)C2. The molecule has 1 aromatic rings. The van der Waals surface area contributed by atoms with Crippen LogP contribution in [0.5, 0.6) is 5.75 Å². The van der Waals surface area contributed by atoms with E-state index in [1.165, 1.54) is 11.1 Å². The summed E-state index contributed by atoms with van der Waals surface area (Å²) in [6.45, 7) is 0.691. The lowest BCUT2D eigenvalue weighted by molar-refractivity contribution is 0.171. The number of hydrogen-bond acceptors (Lipinski definition) is 3. The Labute approximate surface area is 97.2 Å². The summed E-state index contributed by atoms with van der Waals surface area (Å²) in [6, 6.07) is 6.33. The lowest BCUT2D eigenvalue weighted by Crippen LogP contribution is -2.51. The van der Waals surface area contributed by atoms with Crippen molar-refractivity contribution in [1.29, 1.82) is 0 Å². The Balaban J connectivity index is 2.32. The molecule has 0 radical (unpaired) electrons. The first kappa shape index (κ1) is 11.4. The van der Waals surface area contributed by atoms with Crippen molar-refractivity contribution >= 4 is 0 Å². The average Bonchev–Trinajstić information content (AvgIpc) is 2.67. The number of nitrogens with zero attached hydrogens (tertiary/aromatic N) is 1. The van der Waals surface area contributed by atoms with Crippen LogP contribution in [0.4, 0.5) is 0 Å². The van der Waals surface area contributed by atoms with Crippen molar-refractivity contribution in [2.45, 2.75) is 18.4 Å². The first-order valence-corrected chi connectivity index (χ1v) is 5.64. The van der Waals surface area contributed by atoms with Gasteiger partial charge in [0, 0.05) is 12.1 Å². The highest BCUT2D eigenvalue weighted by molar-refractivity contribution is 5.42. The van der Waals surface area contributed by atoms with Crippen LogP contribution < -0.4 is 10.5 Å². The minimum absolute atomic E-state index is 0.0920. The number of rotatable bonds is 3. The summed E-state index contributed by atoms with van der Waals surface area (Å²) >= 11 is 0. The molecule has 0 aliphatic heterocycles. The standard InChI is InChI=1S/C13H20N2O/c1-15(2)13(9-14)7-10-4-5-12(16-3)6-11(10)8-13/h4-6H,7-9,14H2,1-3H3. The van der Waals surface area contributed by atoms with Crippen LogP contribution in [-0.2, 0) is 12.8 Å². The molecule has 1 aliphatic carbocycles. The van der Waals surface area contributed by atoms with E-state index >= 15 is 0 Å². The zero-order chi connectivity index (χ0) is 11.8. The summed E-state index contributed by atoms with van der Waals surface area (Å²) in [5.74, 6) is 0.935. The number of ether oxygens (including phenoxy) is 1. The van der Waals surface area contributed by atoms with Crippen molar-refractivity contribution in [1.82, 2.24) is 4.90 Å². The van der Waals surface area contributed by atoms with Crippen molar-refractivity contribution in [3.05, 3.63) is 29.3 Å². The Kier molecular flexibility index (Phi) is 2.91. The Hall–Kier alpha value is -1.06. The Morgan fingerprint density at radius 2 is 2.00 bits per heavy atom. The van der Waals surface area contributed by atoms with Gasteiger partial charge in [-0.1, -0.05) is 6.07 Å². The molecule has 1 aromatic carbocycles. The molecule has 88 valence electrons. The quantitative estimate of drug-likeness (QED) is 0.827. The molecular weight excluding hydrogens is 200 g/mol. The van der Waals surface area contributed by atoms with E-state index in [4.69, 9.17) is 10.5 Å². The number of benzene rings is 1. The van der Waals surface area contributed by atoms with Crippen molar-refractivity contribution in [2.24, 2.45) is 5.73 Å². The fourth-order valence-corrected chi connectivity index (χ4v) is 2.48. The maximum Gasteiger partial charge on any atom is 0.119 e. The van der Waals surface area contributed by atoms with Crippen LogP contribution in [0.25, 0.3) is 0 Å². The minimum atomic E-state index is 0.0920. The first-order chi connectivity index (χ1) is 7.61. The third-order valence-corrected chi connectivity index (χ3v) is 3.78. The molecular formula is C13H20N2O. The lowest BCUT2D eigenvalue weighted by atomic mass is 9.94. The van der Waals surface area contributed by atoms with Gasteiger partial charge in [-0.25, -0.2) is 0 Å². The second-order valence-electron chi connectivity index (χ2n) is 4.81. The van der Waals surface area contributed by atoms with Crippen LogP contribution in [0.3, 0.4) is 0 Å². The van der Waals surface area contributed by atoms with Crippen molar-refractivity contribution < 1.29 is 4.74 Å². The van der Waals surface area contributed by atoms with Gasteiger partial charge in [-0.15, -0.1) is 0 Å². The molecule has 0 saturated carbocycles. The fraction of sp³-hybridized carbons (Fsp3) is 0.538. The van der Waals surface area contributed by atoms with Crippen molar-refractivity contribution in [3.63, 3.8) is 0 Å². The molecule has 2 N–H and O–H groups in total. The van der Waals surface area contributed by atoms with Crippen LogP contribution in [0.15, 0.2) is 18.2 Å². The van der Waals surface area contributed by atoms with Crippen LogP contribution in [-0.4, -0.2) is 38.2 Å². The maximum atomic E-state index is 5.95. The Bertz CT molecular complexity index is 390. The number of fused-ring (bicyclic) bond motifs is 1. The number of nitrogens with two attached hydrogens (primary N) is 1. The van der Waals surface area contributed by atoms with Crippen molar-refractivity contribution in [3.8, 4) is 5.75 Å². The van der Waals surface area contributed by atoms with Crippen LogP contribution in [0.2, 0.25) is 0 Å². The molecule has 0 aromatic heterocycles. The van der Waals surface area contributed by atoms with E-state index in [9.17, 15) is 0 Å². The zero-order valence-electron chi connectivity index (χ0n) is 10.3. The summed E-state index contributed by atoms with van der Waals surface area (Å²) < 4.78 is 5.26. The van der Waals surface area contributed by atoms with E-state index in [2.05, 4.69) is 31.1 Å². The molecule has 0 amide bonds. The molecule has 2 rings (SSSR count). The summed E-state index contributed by atoms with van der Waals surface area (Å²) in [4.78, 5) is 2.25. The van der Waals surface area contributed by atoms with Gasteiger partial charge in [0.1, 0.15) is 5.75 Å². The highest BCUT2D eigenvalue weighted by Gasteiger charge is 2.37. The summed E-state index contributed by atoms with van der Waals surface area (Å²) in [5, 5.41) is 0. The minimum Gasteiger partial charge on any atom is -0.497 e. The summed E-state index contributed by atoms with van der Waals surface area (Å²) in [6.07, 6.45) is 2.05. The average molecular weight is 220 g/mol. The third kappa shape index (κ3) is 1.70. The highest BCUT2D eigenvalue weighted by Crippen LogP contribution is 2.34. The second kappa shape index (κ2) is 4.07. The Morgan fingerprint density at radius 1 is 1.31 bits per heavy atom. The lowest BCUT2D eigenvalue weighted by Gasteiger charge is -2.35. The summed E-state index contributed by atoms with van der Waals surface area (Å²) in [7, 11) is 5.92. The highest BCUT2D eigenvalue weighted by atomic mass is 16.5. The predicted molar refractivity (Wildman–Crippen MR) is 65.9 cm³/mol. The van der Waals surface area contributed by atoms with E-state index < -0.39 is 0 Å². The number of likely N-dealkylation sites (N-methyl/N-ethyl adjacent to an activating group) is 1. The molecule has 0 bridgehead atoms. The van der Waals surface area contributed by atoms with Gasteiger partial charge >= 0.3 is 0 Å². The maximum absolute atomic E-state index is 5.95. The van der Waals surface area contributed by atoms with Gasteiger partial charge in [-0.05, 0) is 50.2 Å². The van der Waals surface area contributed by atoms with Gasteiger partial charge in [0.25, 0.3) is 0 Å². The predicted octanol–water partition coefficient (Wildman–Crippen LogP) is 1.05. The second-order valence-corrected chi connectivity index (χ2v) is 4.81. The molecule has 16 heavy (non-hydrogen) atoms.